The zero-order chi connectivity index (χ0) is 21.1. The lowest BCUT2D eigenvalue weighted by Gasteiger charge is -2.17. The third-order valence-electron chi connectivity index (χ3n) is 4.43. The molecule has 0 saturated heterocycles. The highest BCUT2D eigenvalue weighted by molar-refractivity contribution is 7.98. The molecule has 1 aliphatic heterocycles. The van der Waals surface area contributed by atoms with E-state index in [1.807, 2.05) is 6.07 Å². The number of ether oxygens (including phenoxy) is 1. The number of fused-ring (bicyclic) bond motifs is 1. The molecule has 0 spiro atoms. The maximum atomic E-state index is 12.6. The topological polar surface area (TPSA) is 77.2 Å². The van der Waals surface area contributed by atoms with Gasteiger partial charge in [-0.2, -0.15) is 13.2 Å². The number of amides is 1. The third kappa shape index (κ3) is 4.93. The van der Waals surface area contributed by atoms with Crippen LogP contribution < -0.4 is 10.1 Å². The van der Waals surface area contributed by atoms with E-state index in [-0.39, 0.29) is 18.4 Å². The highest BCUT2D eigenvalue weighted by Crippen LogP contribution is 2.30. The first-order valence-corrected chi connectivity index (χ1v) is 10.0. The van der Waals surface area contributed by atoms with Crippen molar-refractivity contribution in [3.63, 3.8) is 0 Å². The fourth-order valence-corrected chi connectivity index (χ4v) is 3.62. The number of carbonyl (C=O) groups is 1. The van der Waals surface area contributed by atoms with E-state index in [2.05, 4.69) is 15.5 Å². The fraction of sp³-hybridized carbons (Fsp3) is 0.250. The number of thioether (sulfide) groups is 1. The Balaban J connectivity index is 1.30. The van der Waals surface area contributed by atoms with Crippen LogP contribution in [0, 0.1) is 0 Å². The quantitative estimate of drug-likeness (QED) is 0.558. The van der Waals surface area contributed by atoms with E-state index in [4.69, 9.17) is 9.15 Å². The molecule has 1 aromatic heterocycles. The lowest BCUT2D eigenvalue weighted by molar-refractivity contribution is -0.137. The molecule has 3 aromatic rings. The van der Waals surface area contributed by atoms with Crippen LogP contribution in [0.4, 0.5) is 18.9 Å². The zero-order valence-electron chi connectivity index (χ0n) is 15.5. The maximum Gasteiger partial charge on any atom is 0.416 e. The predicted molar refractivity (Wildman–Crippen MR) is 103 cm³/mol. The Morgan fingerprint density at radius 3 is 2.67 bits per heavy atom. The summed E-state index contributed by atoms with van der Waals surface area (Å²) < 4.78 is 49.0. The summed E-state index contributed by atoms with van der Waals surface area (Å²) in [5, 5.41) is 11.0. The maximum absolute atomic E-state index is 12.6. The van der Waals surface area contributed by atoms with Crippen LogP contribution in [0.25, 0.3) is 0 Å². The van der Waals surface area contributed by atoms with E-state index < -0.39 is 11.7 Å². The van der Waals surface area contributed by atoms with Crippen molar-refractivity contribution in [2.75, 3.05) is 5.32 Å². The van der Waals surface area contributed by atoms with Gasteiger partial charge in [0.2, 0.25) is 5.91 Å². The van der Waals surface area contributed by atoms with E-state index in [1.54, 1.807) is 12.1 Å². The molecule has 0 radical (unpaired) electrons. The highest BCUT2D eigenvalue weighted by atomic mass is 32.2. The second-order valence-electron chi connectivity index (χ2n) is 6.60. The van der Waals surface area contributed by atoms with Gasteiger partial charge in [-0.1, -0.05) is 23.9 Å². The SMILES string of the molecule is O=C1CCc2cc(OCc3nnc(SCc4ccc(C(F)(F)F)cc4)o3)ccc2N1. The number of anilines is 1. The van der Waals surface area contributed by atoms with Crippen LogP contribution in [0.3, 0.4) is 0 Å². The molecule has 2 heterocycles. The highest BCUT2D eigenvalue weighted by Gasteiger charge is 2.29. The van der Waals surface area contributed by atoms with Crippen molar-refractivity contribution < 1.29 is 27.1 Å². The fourth-order valence-electron chi connectivity index (χ4n) is 2.88. The molecule has 0 atom stereocenters. The van der Waals surface area contributed by atoms with Crippen molar-refractivity contribution in [2.24, 2.45) is 0 Å². The molecule has 1 aliphatic rings. The van der Waals surface area contributed by atoms with Crippen LogP contribution in [-0.2, 0) is 29.8 Å². The first-order chi connectivity index (χ1) is 14.4. The smallest absolute Gasteiger partial charge is 0.416 e. The van der Waals surface area contributed by atoms with Crippen molar-refractivity contribution in [1.82, 2.24) is 10.2 Å². The summed E-state index contributed by atoms with van der Waals surface area (Å²) >= 11 is 1.23. The van der Waals surface area contributed by atoms with Crippen LogP contribution in [0.1, 0.15) is 29.0 Å². The predicted octanol–water partition coefficient (Wildman–Crippen LogP) is 4.84. The number of aryl methyl sites for hydroxylation is 1. The summed E-state index contributed by atoms with van der Waals surface area (Å²) in [6.07, 6.45) is -3.25. The first-order valence-electron chi connectivity index (χ1n) is 9.04. The number of nitrogens with zero attached hydrogens (tertiary/aromatic N) is 2. The average molecular weight is 435 g/mol. The number of carbonyl (C=O) groups excluding carboxylic acids is 1. The van der Waals surface area contributed by atoms with Crippen LogP contribution in [0.15, 0.2) is 52.1 Å². The van der Waals surface area contributed by atoms with Gasteiger partial charge in [0.05, 0.1) is 5.56 Å². The van der Waals surface area contributed by atoms with Crippen molar-refractivity contribution in [3.8, 4) is 5.75 Å². The molecule has 4 rings (SSSR count). The van der Waals surface area contributed by atoms with Crippen molar-refractivity contribution in [1.29, 1.82) is 0 Å². The van der Waals surface area contributed by atoms with Crippen LogP contribution >= 0.6 is 11.8 Å². The molecule has 2 aromatic carbocycles. The minimum atomic E-state index is -4.35. The number of halogens is 3. The van der Waals surface area contributed by atoms with Crippen LogP contribution in [-0.4, -0.2) is 16.1 Å². The summed E-state index contributed by atoms with van der Waals surface area (Å²) in [6, 6.07) is 10.4. The number of aromatic nitrogens is 2. The number of rotatable bonds is 6. The van der Waals surface area contributed by atoms with E-state index in [0.29, 0.717) is 35.1 Å². The molecule has 10 heteroatoms. The van der Waals surface area contributed by atoms with Gasteiger partial charge >= 0.3 is 6.18 Å². The normalized spacial score (nSPS) is 13.6. The van der Waals surface area contributed by atoms with Gasteiger partial charge in [-0.25, -0.2) is 0 Å². The van der Waals surface area contributed by atoms with E-state index in [1.165, 1.54) is 23.9 Å². The molecule has 0 aliphatic carbocycles. The Hall–Kier alpha value is -3.01. The second kappa shape index (κ2) is 8.39. The molecule has 1 amide bonds. The molecule has 0 saturated carbocycles. The summed E-state index contributed by atoms with van der Waals surface area (Å²) in [5.74, 6) is 1.32. The Morgan fingerprint density at radius 2 is 1.90 bits per heavy atom. The number of hydrogen-bond acceptors (Lipinski definition) is 6. The van der Waals surface area contributed by atoms with Gasteiger partial charge in [-0.15, -0.1) is 10.2 Å². The van der Waals surface area contributed by atoms with Crippen molar-refractivity contribution in [3.05, 3.63) is 65.0 Å². The molecule has 0 bridgehead atoms. The van der Waals surface area contributed by atoms with Gasteiger partial charge in [0.25, 0.3) is 11.1 Å². The molecular formula is C20H16F3N3O3S. The molecule has 0 unspecified atom stereocenters. The number of nitrogens with one attached hydrogen (secondary N) is 1. The molecule has 1 N–H and O–H groups in total. The molecule has 156 valence electrons. The number of benzene rings is 2. The summed E-state index contributed by atoms with van der Waals surface area (Å²) in [7, 11) is 0. The largest absolute Gasteiger partial charge is 0.484 e. The molecule has 0 fully saturated rings. The Kier molecular flexibility index (Phi) is 5.67. The molecule has 30 heavy (non-hydrogen) atoms. The van der Waals surface area contributed by atoms with Crippen molar-refractivity contribution >= 4 is 23.4 Å². The summed E-state index contributed by atoms with van der Waals surface area (Å²) in [5.41, 5.74) is 1.83. The summed E-state index contributed by atoms with van der Waals surface area (Å²) in [6.45, 7) is 0.0823. The summed E-state index contributed by atoms with van der Waals surface area (Å²) in [4.78, 5) is 11.4. The number of hydrogen-bond donors (Lipinski definition) is 1. The van der Waals surface area contributed by atoms with Crippen LogP contribution in [0.5, 0.6) is 5.75 Å². The van der Waals surface area contributed by atoms with Crippen molar-refractivity contribution in [2.45, 2.75) is 36.6 Å². The zero-order valence-corrected chi connectivity index (χ0v) is 16.3. The van der Waals surface area contributed by atoms with E-state index in [9.17, 15) is 18.0 Å². The lowest BCUT2D eigenvalue weighted by Crippen LogP contribution is -2.18. The van der Waals surface area contributed by atoms with Gasteiger partial charge in [-0.05, 0) is 47.9 Å². The van der Waals surface area contributed by atoms with Gasteiger partial charge < -0.3 is 14.5 Å². The Labute approximate surface area is 173 Å². The Bertz CT molecular complexity index is 1050. The van der Waals surface area contributed by atoms with Gasteiger partial charge in [0.15, 0.2) is 6.61 Å². The van der Waals surface area contributed by atoms with Gasteiger partial charge in [0, 0.05) is 17.9 Å². The molecule has 6 nitrogen and oxygen atoms in total. The Morgan fingerprint density at radius 1 is 1.10 bits per heavy atom. The lowest BCUT2D eigenvalue weighted by atomic mass is 10.0. The number of alkyl halides is 3. The van der Waals surface area contributed by atoms with E-state index in [0.717, 1.165) is 23.4 Å². The monoisotopic (exact) mass is 435 g/mol. The molecular weight excluding hydrogens is 419 g/mol. The van der Waals surface area contributed by atoms with Crippen LogP contribution in [0.2, 0.25) is 0 Å². The van der Waals surface area contributed by atoms with Gasteiger partial charge in [-0.3, -0.25) is 4.79 Å². The minimum Gasteiger partial charge on any atom is -0.484 e. The second-order valence-corrected chi connectivity index (χ2v) is 7.53. The standard InChI is InChI=1S/C20H16F3N3O3S/c21-20(22,23)14-4-1-12(2-5-14)11-30-19-26-25-18(29-19)10-28-15-6-7-16-13(9-15)3-8-17(27)24-16/h1-2,4-7,9H,3,8,10-11H2,(H,24,27). The minimum absolute atomic E-state index is 0.00310. The van der Waals surface area contributed by atoms with E-state index >= 15 is 0 Å². The average Bonchev–Trinajstić information content (AvgIpc) is 3.18. The van der Waals surface area contributed by atoms with Gasteiger partial charge in [0.1, 0.15) is 5.75 Å². The first kappa shape index (κ1) is 20.3. The third-order valence-corrected chi connectivity index (χ3v) is 5.32.